The number of aromatic hydroxyl groups is 1. The van der Waals surface area contributed by atoms with Crippen molar-refractivity contribution < 1.29 is 68.1 Å². The molecule has 1 aromatic heterocycles. The predicted octanol–water partition coefficient (Wildman–Crippen LogP) is -4.24. The van der Waals surface area contributed by atoms with E-state index < -0.39 is 151 Å². The number of primary amides is 2. The van der Waals surface area contributed by atoms with Gasteiger partial charge >= 0.3 is 5.97 Å². The van der Waals surface area contributed by atoms with Crippen molar-refractivity contribution in [1.29, 1.82) is 0 Å². The number of amides is 10. The Kier molecular flexibility index (Phi) is 27.0. The van der Waals surface area contributed by atoms with Gasteiger partial charge in [0.15, 0.2) is 0 Å². The van der Waals surface area contributed by atoms with Crippen LogP contribution in [-0.4, -0.2) is 158 Å². The van der Waals surface area contributed by atoms with Crippen molar-refractivity contribution in [2.75, 3.05) is 13.1 Å². The molecule has 2 aromatic carbocycles. The second kappa shape index (κ2) is 32.9. The Hall–Kier alpha value is -8.50. The van der Waals surface area contributed by atoms with Gasteiger partial charge in [0.1, 0.15) is 48.0 Å². The average molecular weight is 1110 g/mol. The third kappa shape index (κ3) is 22.9. The second-order valence-corrected chi connectivity index (χ2v) is 18.9. The SMILES string of the molecule is CC[C@H](C)[C@H](NC(=O)[C@H](CCC(N)=O)NC(=O)[C@H](Cc1ccccc1)NC(=O)CNC(=O)[C@H](Cc1ccc(O)cc1)NC(=O)[C@@H](N)CC(N)=O)C(=O)N[C@@H](Cc1cnc[nH]1)C(=O)N[C@H](C(=O)N[C@@H](CCCCN)C(=O)O)[C@@H](C)O. The van der Waals surface area contributed by atoms with Crippen LogP contribution in [0, 0.1) is 5.92 Å². The largest absolute Gasteiger partial charge is 0.508 e. The molecular weight excluding hydrogens is 1030 g/mol. The first kappa shape index (κ1) is 64.8. The number of phenols is 1. The summed E-state index contributed by atoms with van der Waals surface area (Å²) >= 11 is 0. The van der Waals surface area contributed by atoms with Crippen molar-refractivity contribution in [3.63, 3.8) is 0 Å². The number of aliphatic hydroxyl groups is 1. The molecular formula is C51H74N14O14. The summed E-state index contributed by atoms with van der Waals surface area (Å²) in [6.45, 7) is 4.04. The fraction of sp³-hybridized carbons (Fsp3) is 0.490. The minimum absolute atomic E-state index is 0.00903. The first-order chi connectivity index (χ1) is 37.4. The quantitative estimate of drug-likeness (QED) is 0.0248. The van der Waals surface area contributed by atoms with Crippen LogP contribution in [0.5, 0.6) is 5.75 Å². The van der Waals surface area contributed by atoms with Crippen LogP contribution >= 0.6 is 0 Å². The highest BCUT2D eigenvalue weighted by Crippen LogP contribution is 2.14. The third-order valence-corrected chi connectivity index (χ3v) is 12.5. The number of phenolic OH excluding ortho intramolecular Hbond substituents is 1. The number of unbranched alkanes of at least 4 members (excludes halogenated alkanes) is 1. The molecule has 0 saturated carbocycles. The molecule has 1 heterocycles. The highest BCUT2D eigenvalue weighted by atomic mass is 16.4. The zero-order valence-electron chi connectivity index (χ0n) is 44.2. The third-order valence-electron chi connectivity index (χ3n) is 12.5. The summed E-state index contributed by atoms with van der Waals surface area (Å²) in [5, 5.41) is 49.9. The van der Waals surface area contributed by atoms with E-state index in [9.17, 15) is 68.1 Å². The zero-order chi connectivity index (χ0) is 58.8. The Morgan fingerprint density at radius 3 is 1.73 bits per heavy atom. The van der Waals surface area contributed by atoms with Crippen LogP contribution in [0.3, 0.4) is 0 Å². The molecule has 20 N–H and O–H groups in total. The number of rotatable bonds is 35. The summed E-state index contributed by atoms with van der Waals surface area (Å²) in [7, 11) is 0. The molecule has 0 bridgehead atoms. The van der Waals surface area contributed by atoms with Crippen molar-refractivity contribution in [2.45, 2.75) is 139 Å². The number of carboxylic acids is 1. The summed E-state index contributed by atoms with van der Waals surface area (Å²) in [4.78, 5) is 153. The first-order valence-electron chi connectivity index (χ1n) is 25.5. The van der Waals surface area contributed by atoms with Crippen LogP contribution in [0.25, 0.3) is 0 Å². The van der Waals surface area contributed by atoms with Crippen LogP contribution in [0.2, 0.25) is 0 Å². The number of carboxylic acid groups (broad SMARTS) is 1. The summed E-state index contributed by atoms with van der Waals surface area (Å²) in [6.07, 6.45) is 0.258. The molecule has 79 heavy (non-hydrogen) atoms. The summed E-state index contributed by atoms with van der Waals surface area (Å²) in [5.41, 5.74) is 23.3. The number of aliphatic hydroxyl groups excluding tert-OH is 1. The molecule has 0 aliphatic heterocycles. The molecule has 0 spiro atoms. The number of hydrogen-bond acceptors (Lipinski definition) is 16. The number of carbonyl (C=O) groups excluding carboxylic acids is 10. The number of carbonyl (C=O) groups is 11. The van der Waals surface area contributed by atoms with E-state index in [1.807, 2.05) is 0 Å². The Bertz CT molecular complexity index is 2530. The van der Waals surface area contributed by atoms with Crippen LogP contribution in [-0.2, 0) is 72.0 Å². The molecule has 0 aliphatic rings. The fourth-order valence-electron chi connectivity index (χ4n) is 7.80. The summed E-state index contributed by atoms with van der Waals surface area (Å²) in [5.74, 6) is -11.4. The molecule has 0 fully saturated rings. The van der Waals surface area contributed by atoms with Crippen molar-refractivity contribution >= 4 is 65.0 Å². The minimum Gasteiger partial charge on any atom is -0.508 e. The summed E-state index contributed by atoms with van der Waals surface area (Å²) < 4.78 is 0. The van der Waals surface area contributed by atoms with Crippen molar-refractivity contribution in [1.82, 2.24) is 52.5 Å². The van der Waals surface area contributed by atoms with Gasteiger partial charge in [0.25, 0.3) is 0 Å². The van der Waals surface area contributed by atoms with Crippen molar-refractivity contribution in [3.05, 3.63) is 83.9 Å². The topological polar surface area (TPSA) is 477 Å². The molecule has 10 amide bonds. The van der Waals surface area contributed by atoms with E-state index in [1.54, 1.807) is 44.2 Å². The number of aromatic nitrogens is 2. The smallest absolute Gasteiger partial charge is 0.326 e. The van der Waals surface area contributed by atoms with Gasteiger partial charge in [-0.25, -0.2) is 9.78 Å². The highest BCUT2D eigenvalue weighted by Gasteiger charge is 2.37. The molecule has 28 heteroatoms. The number of H-pyrrole nitrogens is 1. The first-order valence-corrected chi connectivity index (χ1v) is 25.5. The number of hydrogen-bond donors (Lipinski definition) is 16. The maximum Gasteiger partial charge on any atom is 0.326 e. The van der Waals surface area contributed by atoms with E-state index in [4.69, 9.17) is 22.9 Å². The van der Waals surface area contributed by atoms with Gasteiger partial charge in [0, 0.05) is 37.6 Å². The van der Waals surface area contributed by atoms with Gasteiger partial charge in [-0.05, 0) is 68.3 Å². The predicted molar refractivity (Wildman–Crippen MR) is 283 cm³/mol. The van der Waals surface area contributed by atoms with Crippen LogP contribution < -0.4 is 65.5 Å². The lowest BCUT2D eigenvalue weighted by Gasteiger charge is -2.30. The van der Waals surface area contributed by atoms with E-state index in [0.29, 0.717) is 29.7 Å². The van der Waals surface area contributed by atoms with E-state index in [1.165, 1.54) is 43.7 Å². The Balaban J connectivity index is 1.88. The lowest BCUT2D eigenvalue weighted by Crippen LogP contribution is -2.62. The number of benzene rings is 2. The number of nitrogens with two attached hydrogens (primary N) is 4. The van der Waals surface area contributed by atoms with Crippen LogP contribution in [0.1, 0.15) is 82.5 Å². The maximum absolute atomic E-state index is 14.3. The van der Waals surface area contributed by atoms with Gasteiger partial charge in [0.05, 0.1) is 31.4 Å². The molecule has 0 saturated heterocycles. The average Bonchev–Trinajstić information content (AvgIpc) is 3.92. The second-order valence-electron chi connectivity index (χ2n) is 18.9. The molecule has 3 rings (SSSR count). The van der Waals surface area contributed by atoms with Gasteiger partial charge in [-0.3, -0.25) is 47.9 Å². The van der Waals surface area contributed by atoms with Gasteiger partial charge in [0.2, 0.25) is 59.1 Å². The Morgan fingerprint density at radius 1 is 0.620 bits per heavy atom. The molecule has 432 valence electrons. The van der Waals surface area contributed by atoms with Crippen LogP contribution in [0.4, 0.5) is 0 Å². The number of aliphatic carboxylic acids is 1. The molecule has 10 atom stereocenters. The lowest BCUT2D eigenvalue weighted by atomic mass is 9.96. The van der Waals surface area contributed by atoms with E-state index in [-0.39, 0.29) is 44.4 Å². The molecule has 3 aromatic rings. The minimum atomic E-state index is -1.70. The van der Waals surface area contributed by atoms with Crippen molar-refractivity contribution in [3.8, 4) is 5.75 Å². The normalized spacial score (nSPS) is 14.8. The summed E-state index contributed by atoms with van der Waals surface area (Å²) in [6, 6.07) is 2.17. The molecule has 0 unspecified atom stereocenters. The van der Waals surface area contributed by atoms with Gasteiger partial charge in [-0.15, -0.1) is 0 Å². The Labute approximate surface area is 455 Å². The zero-order valence-corrected chi connectivity index (χ0v) is 44.2. The monoisotopic (exact) mass is 1110 g/mol. The molecule has 0 radical (unpaired) electrons. The van der Waals surface area contributed by atoms with E-state index >= 15 is 0 Å². The van der Waals surface area contributed by atoms with E-state index in [0.717, 1.165) is 0 Å². The number of nitrogens with zero attached hydrogens (tertiary/aromatic N) is 1. The molecule has 0 aliphatic carbocycles. The van der Waals surface area contributed by atoms with Gasteiger partial charge in [-0.2, -0.15) is 0 Å². The highest BCUT2D eigenvalue weighted by molar-refractivity contribution is 5.98. The molecule has 28 nitrogen and oxygen atoms in total. The number of imidazole rings is 1. The standard InChI is InChI=1S/C51H74N14O14/c1-4-27(2)42(49(76)63-38(22-31-24-56-26-58-31)48(75)65-43(28(3)66)50(77)61-35(51(78)79)12-8-9-19-52)64-46(73)34(17-18-39(54)68)60-47(74)37(20-29-10-6-5-7-11-29)59-41(70)25-57-45(72)36(21-30-13-15-32(67)16-14-30)62-44(71)33(53)23-40(55)69/h5-7,10-11,13-16,24,26-28,33-38,42-43,66-67H,4,8-9,12,17-23,25,52-53H2,1-3H3,(H2,54,68)(H2,55,69)(H,56,58)(H,57,72)(H,59,70)(H,60,74)(H,61,77)(H,62,71)(H,63,76)(H,64,73)(H,65,75)(H,78,79)/t27-,28+,33-,34-,35-,36-,37-,38-,42-,43-/m0/s1. The lowest BCUT2D eigenvalue weighted by molar-refractivity contribution is -0.143. The number of nitrogens with one attached hydrogen (secondary N) is 9. The van der Waals surface area contributed by atoms with Gasteiger partial charge < -0.3 is 85.8 Å². The fourth-order valence-corrected chi connectivity index (χ4v) is 7.80. The Morgan fingerprint density at radius 2 is 1.16 bits per heavy atom. The van der Waals surface area contributed by atoms with Crippen molar-refractivity contribution in [2.24, 2.45) is 28.9 Å². The maximum atomic E-state index is 14.3. The van der Waals surface area contributed by atoms with E-state index in [2.05, 4.69) is 52.5 Å². The van der Waals surface area contributed by atoms with Gasteiger partial charge in [-0.1, -0.05) is 62.7 Å². The van der Waals surface area contributed by atoms with Crippen LogP contribution in [0.15, 0.2) is 67.1 Å². The number of aromatic amines is 1.